The summed E-state index contributed by atoms with van der Waals surface area (Å²) >= 11 is 0. The van der Waals surface area contributed by atoms with Gasteiger partial charge in [-0.25, -0.2) is 0 Å². The van der Waals surface area contributed by atoms with E-state index in [2.05, 4.69) is 16.4 Å². The zero-order valence-electron chi connectivity index (χ0n) is 17.5. The SMILES string of the molecule is CCC(=O)OC(C)=O.CCCCCC(=O)OCCCCC(=O)OC(=O)CCC. The molecular weight excluding hydrogens is 368 g/mol. The van der Waals surface area contributed by atoms with E-state index in [4.69, 9.17) is 4.74 Å². The topological polar surface area (TPSA) is 113 Å². The summed E-state index contributed by atoms with van der Waals surface area (Å²) in [5.74, 6) is -2.17. The monoisotopic (exact) mass is 402 g/mol. The van der Waals surface area contributed by atoms with E-state index < -0.39 is 23.9 Å². The molecule has 0 unspecified atom stereocenters. The van der Waals surface area contributed by atoms with Crippen LogP contribution in [0.25, 0.3) is 0 Å². The number of unbranched alkanes of at least 4 members (excludes halogenated alkanes) is 3. The molecule has 0 aliphatic heterocycles. The third-order valence-electron chi connectivity index (χ3n) is 3.25. The molecule has 0 radical (unpaired) electrons. The standard InChI is InChI=1S/C15H26O5.C5H8O3/c1-3-5-6-10-13(16)19-12-8-7-11-15(18)20-14(17)9-4-2;1-3-5(7)8-4(2)6/h3-12H2,1-2H3;3H2,1-2H3. The Morgan fingerprint density at radius 2 is 1.18 bits per heavy atom. The number of carbonyl (C=O) groups excluding carboxylic acids is 5. The molecule has 0 atom stereocenters. The van der Waals surface area contributed by atoms with Crippen molar-refractivity contribution in [2.24, 2.45) is 0 Å². The van der Waals surface area contributed by atoms with Crippen molar-refractivity contribution in [2.75, 3.05) is 6.61 Å². The summed E-state index contributed by atoms with van der Waals surface area (Å²) in [5, 5.41) is 0. The second-order valence-electron chi connectivity index (χ2n) is 6.05. The lowest BCUT2D eigenvalue weighted by molar-refractivity contribution is -0.160. The van der Waals surface area contributed by atoms with Crippen molar-refractivity contribution in [1.82, 2.24) is 0 Å². The van der Waals surface area contributed by atoms with Crippen LogP contribution in [0.2, 0.25) is 0 Å². The quantitative estimate of drug-likeness (QED) is 0.210. The molecule has 0 spiro atoms. The Labute approximate surface area is 167 Å². The van der Waals surface area contributed by atoms with Gasteiger partial charge in [0.2, 0.25) is 0 Å². The zero-order chi connectivity index (χ0) is 21.8. The average Bonchev–Trinajstić information content (AvgIpc) is 2.61. The van der Waals surface area contributed by atoms with Crippen molar-refractivity contribution in [3.63, 3.8) is 0 Å². The van der Waals surface area contributed by atoms with Crippen LogP contribution < -0.4 is 0 Å². The van der Waals surface area contributed by atoms with E-state index >= 15 is 0 Å². The van der Waals surface area contributed by atoms with Gasteiger partial charge in [0.15, 0.2) is 0 Å². The molecule has 0 bridgehead atoms. The highest BCUT2D eigenvalue weighted by Gasteiger charge is 2.09. The maximum Gasteiger partial charge on any atom is 0.313 e. The van der Waals surface area contributed by atoms with E-state index in [1.54, 1.807) is 6.92 Å². The van der Waals surface area contributed by atoms with Crippen molar-refractivity contribution < 1.29 is 38.2 Å². The normalized spacial score (nSPS) is 9.57. The van der Waals surface area contributed by atoms with E-state index in [0.717, 1.165) is 19.3 Å². The minimum atomic E-state index is -0.545. The molecule has 0 aromatic heterocycles. The summed E-state index contributed by atoms with van der Waals surface area (Å²) in [7, 11) is 0. The summed E-state index contributed by atoms with van der Waals surface area (Å²) in [6.07, 6.45) is 5.96. The van der Waals surface area contributed by atoms with Gasteiger partial charge >= 0.3 is 29.8 Å². The van der Waals surface area contributed by atoms with Crippen LogP contribution in [0.1, 0.15) is 91.9 Å². The third kappa shape index (κ3) is 21.8. The molecule has 0 saturated carbocycles. The number of ether oxygens (including phenoxy) is 3. The maximum absolute atomic E-state index is 11.3. The molecule has 0 aromatic rings. The lowest BCUT2D eigenvalue weighted by Gasteiger charge is -2.04. The van der Waals surface area contributed by atoms with Crippen LogP contribution in [0.4, 0.5) is 0 Å². The van der Waals surface area contributed by atoms with Gasteiger partial charge in [0, 0.05) is 32.6 Å². The number of rotatable bonds is 12. The lowest BCUT2D eigenvalue weighted by Crippen LogP contribution is -2.12. The fraction of sp³-hybridized carbons (Fsp3) is 0.750. The largest absolute Gasteiger partial charge is 0.466 e. The van der Waals surface area contributed by atoms with Crippen molar-refractivity contribution in [3.8, 4) is 0 Å². The van der Waals surface area contributed by atoms with Crippen molar-refractivity contribution in [2.45, 2.75) is 91.9 Å². The highest BCUT2D eigenvalue weighted by molar-refractivity contribution is 5.85. The van der Waals surface area contributed by atoms with E-state index in [9.17, 15) is 24.0 Å². The molecule has 0 fully saturated rings. The summed E-state index contributed by atoms with van der Waals surface area (Å²) in [5.41, 5.74) is 0. The summed E-state index contributed by atoms with van der Waals surface area (Å²) in [6.45, 7) is 7.08. The Bertz CT molecular complexity index is 485. The molecule has 0 saturated heterocycles. The van der Waals surface area contributed by atoms with Gasteiger partial charge in [0.05, 0.1) is 6.61 Å². The summed E-state index contributed by atoms with van der Waals surface area (Å²) in [4.78, 5) is 53.7. The highest BCUT2D eigenvalue weighted by atomic mass is 16.6. The number of carbonyl (C=O) groups is 5. The molecule has 8 heteroatoms. The van der Waals surface area contributed by atoms with E-state index in [-0.39, 0.29) is 25.2 Å². The molecule has 0 aliphatic carbocycles. The summed E-state index contributed by atoms with van der Waals surface area (Å²) < 4.78 is 13.8. The van der Waals surface area contributed by atoms with Gasteiger partial charge in [-0.2, -0.15) is 0 Å². The number of esters is 5. The highest BCUT2D eigenvalue weighted by Crippen LogP contribution is 2.03. The third-order valence-corrected chi connectivity index (χ3v) is 3.25. The van der Waals surface area contributed by atoms with Crippen LogP contribution in [0.3, 0.4) is 0 Å². The van der Waals surface area contributed by atoms with Crippen molar-refractivity contribution >= 4 is 29.8 Å². The molecule has 0 N–H and O–H groups in total. The first-order valence-corrected chi connectivity index (χ1v) is 9.87. The van der Waals surface area contributed by atoms with Crippen LogP contribution in [-0.4, -0.2) is 36.5 Å². The first-order valence-electron chi connectivity index (χ1n) is 9.87. The van der Waals surface area contributed by atoms with E-state index in [1.807, 2.05) is 6.92 Å². The number of hydrogen-bond donors (Lipinski definition) is 0. The molecule has 0 aromatic carbocycles. The number of hydrogen-bond acceptors (Lipinski definition) is 8. The van der Waals surface area contributed by atoms with Crippen molar-refractivity contribution in [3.05, 3.63) is 0 Å². The minimum Gasteiger partial charge on any atom is -0.466 e. The van der Waals surface area contributed by atoms with Crippen LogP contribution >= 0.6 is 0 Å². The second-order valence-corrected chi connectivity index (χ2v) is 6.05. The Balaban J connectivity index is 0. The molecule has 162 valence electrons. The lowest BCUT2D eigenvalue weighted by atomic mass is 10.2. The van der Waals surface area contributed by atoms with Gasteiger partial charge in [-0.1, -0.05) is 33.6 Å². The van der Waals surface area contributed by atoms with Crippen LogP contribution in [0.15, 0.2) is 0 Å². The van der Waals surface area contributed by atoms with Crippen LogP contribution in [0.5, 0.6) is 0 Å². The molecule has 0 rings (SSSR count). The summed E-state index contributed by atoms with van der Waals surface area (Å²) in [6, 6.07) is 0. The van der Waals surface area contributed by atoms with Gasteiger partial charge < -0.3 is 14.2 Å². The van der Waals surface area contributed by atoms with Crippen molar-refractivity contribution in [1.29, 1.82) is 0 Å². The molecule has 0 aliphatic rings. The van der Waals surface area contributed by atoms with Gasteiger partial charge in [0.25, 0.3) is 0 Å². The Hall–Kier alpha value is -2.25. The Kier molecular flexibility index (Phi) is 19.5. The molecule has 0 heterocycles. The fourth-order valence-electron chi connectivity index (χ4n) is 1.81. The van der Waals surface area contributed by atoms with Crippen LogP contribution in [-0.2, 0) is 38.2 Å². The van der Waals surface area contributed by atoms with E-state index in [0.29, 0.717) is 32.3 Å². The Morgan fingerprint density at radius 3 is 1.68 bits per heavy atom. The zero-order valence-corrected chi connectivity index (χ0v) is 17.5. The van der Waals surface area contributed by atoms with Crippen LogP contribution in [0, 0.1) is 0 Å². The van der Waals surface area contributed by atoms with E-state index in [1.165, 1.54) is 6.92 Å². The minimum absolute atomic E-state index is 0.181. The maximum atomic E-state index is 11.3. The van der Waals surface area contributed by atoms with Gasteiger partial charge in [-0.15, -0.1) is 0 Å². The molecule has 0 amide bonds. The fourth-order valence-corrected chi connectivity index (χ4v) is 1.81. The predicted molar refractivity (Wildman–Crippen MR) is 102 cm³/mol. The predicted octanol–water partition coefficient (Wildman–Crippen LogP) is 3.64. The van der Waals surface area contributed by atoms with Gasteiger partial charge in [-0.05, 0) is 25.7 Å². The first-order chi connectivity index (χ1) is 13.3. The molecule has 8 nitrogen and oxygen atoms in total. The molecule has 28 heavy (non-hydrogen) atoms. The molecular formula is C20H34O8. The first kappa shape index (κ1) is 28.0. The van der Waals surface area contributed by atoms with Gasteiger partial charge in [0.1, 0.15) is 0 Å². The second kappa shape index (κ2) is 19.5. The Morgan fingerprint density at radius 1 is 0.607 bits per heavy atom. The smallest absolute Gasteiger partial charge is 0.313 e. The van der Waals surface area contributed by atoms with Gasteiger partial charge in [-0.3, -0.25) is 24.0 Å². The average molecular weight is 402 g/mol.